The largest absolute Gasteiger partial charge is 0.387 e. The first-order valence-electron chi connectivity index (χ1n) is 9.71. The fourth-order valence-electron chi connectivity index (χ4n) is 3.82. The molecule has 4 atom stereocenters. The molecule has 0 radical (unpaired) electrons. The first kappa shape index (κ1) is 21.3. The van der Waals surface area contributed by atoms with Gasteiger partial charge in [-0.2, -0.15) is 13.1 Å². The molecule has 2 aromatic heterocycles. The lowest BCUT2D eigenvalue weighted by Crippen LogP contribution is -2.39. The second-order valence-electron chi connectivity index (χ2n) is 7.39. The van der Waals surface area contributed by atoms with Crippen LogP contribution in [0.25, 0.3) is 11.2 Å². The Bertz CT molecular complexity index is 980. The fraction of sp³-hybridized carbons (Fsp3) is 0.688. The number of hydrogen-bond donors (Lipinski definition) is 5. The molecule has 2 fully saturated rings. The lowest BCUT2D eigenvalue weighted by molar-refractivity contribution is -0.0331. The Labute approximate surface area is 173 Å². The summed E-state index contributed by atoms with van der Waals surface area (Å²) in [5.41, 5.74) is 0.886. The summed E-state index contributed by atoms with van der Waals surface area (Å²) in [4.78, 5) is 15.1. The van der Waals surface area contributed by atoms with Crippen LogP contribution in [0.15, 0.2) is 12.7 Å². The van der Waals surface area contributed by atoms with Crippen molar-refractivity contribution in [3.8, 4) is 0 Å². The van der Waals surface area contributed by atoms with Crippen molar-refractivity contribution in [3.05, 3.63) is 12.7 Å². The minimum absolute atomic E-state index is 0.397. The SMILES string of the molecule is O=S(=O)(O)NC[C@H]1O[C@@H](n2cnc3c(NCCN4CCCC4)ncnc32)[C@H](O)[C@@H]1O. The van der Waals surface area contributed by atoms with Crippen LogP contribution in [-0.4, -0.2) is 98.6 Å². The molecule has 0 aliphatic carbocycles. The van der Waals surface area contributed by atoms with E-state index in [1.807, 2.05) is 4.72 Å². The van der Waals surface area contributed by atoms with Crippen LogP contribution in [0.5, 0.6) is 0 Å². The molecule has 0 aromatic carbocycles. The van der Waals surface area contributed by atoms with Crippen LogP contribution in [-0.2, 0) is 15.0 Å². The van der Waals surface area contributed by atoms with Gasteiger partial charge in [-0.1, -0.05) is 0 Å². The molecule has 30 heavy (non-hydrogen) atoms. The standard InChI is InChI=1S/C16H25N7O6S/c24-12-10(7-21-30(26,27)28)29-16(13(12)25)23-9-20-11-14(18-8-19-15(11)23)17-3-6-22-4-1-2-5-22/h8-10,12-13,16,21,24-25H,1-7H2,(H,17,18,19)(H,26,27,28)/t10-,12-,13-,16-/m1/s1. The van der Waals surface area contributed by atoms with Gasteiger partial charge in [0.2, 0.25) is 0 Å². The number of rotatable bonds is 8. The van der Waals surface area contributed by atoms with E-state index < -0.39 is 41.4 Å². The zero-order valence-corrected chi connectivity index (χ0v) is 16.9. The summed E-state index contributed by atoms with van der Waals surface area (Å²) in [6, 6.07) is 0. The zero-order valence-electron chi connectivity index (χ0n) is 16.1. The summed E-state index contributed by atoms with van der Waals surface area (Å²) in [5.74, 6) is 0.551. The Hall–Kier alpha value is -1.94. The number of likely N-dealkylation sites (tertiary alicyclic amines) is 1. The molecule has 0 unspecified atom stereocenters. The van der Waals surface area contributed by atoms with E-state index in [4.69, 9.17) is 9.29 Å². The smallest absolute Gasteiger partial charge is 0.333 e. The monoisotopic (exact) mass is 443 g/mol. The third-order valence-electron chi connectivity index (χ3n) is 5.36. The topological polar surface area (TPSA) is 175 Å². The molecule has 4 heterocycles. The van der Waals surface area contributed by atoms with Gasteiger partial charge >= 0.3 is 10.3 Å². The lowest BCUT2D eigenvalue weighted by atomic mass is 10.1. The van der Waals surface area contributed by atoms with Gasteiger partial charge in [-0.25, -0.2) is 15.0 Å². The maximum Gasteiger partial charge on any atom is 0.333 e. The van der Waals surface area contributed by atoms with Gasteiger partial charge in [0.25, 0.3) is 0 Å². The zero-order chi connectivity index (χ0) is 21.3. The summed E-state index contributed by atoms with van der Waals surface area (Å²) in [5, 5.41) is 23.8. The van der Waals surface area contributed by atoms with E-state index >= 15 is 0 Å². The number of nitrogens with one attached hydrogen (secondary N) is 2. The number of fused-ring (bicyclic) bond motifs is 1. The summed E-state index contributed by atoms with van der Waals surface area (Å²) in [6.07, 6.45) is 0.406. The second-order valence-corrected chi connectivity index (χ2v) is 8.63. The number of aliphatic hydroxyl groups excluding tert-OH is 2. The highest BCUT2D eigenvalue weighted by molar-refractivity contribution is 7.83. The Morgan fingerprint density at radius 1 is 1.17 bits per heavy atom. The van der Waals surface area contributed by atoms with Crippen molar-refractivity contribution < 1.29 is 27.9 Å². The summed E-state index contributed by atoms with van der Waals surface area (Å²) < 4.78 is 39.5. The predicted molar refractivity (Wildman–Crippen MR) is 105 cm³/mol. The first-order chi connectivity index (χ1) is 14.3. The van der Waals surface area contributed by atoms with Crippen molar-refractivity contribution in [1.29, 1.82) is 0 Å². The van der Waals surface area contributed by atoms with E-state index in [1.54, 1.807) is 0 Å². The van der Waals surface area contributed by atoms with Crippen molar-refractivity contribution in [2.45, 2.75) is 37.4 Å². The molecule has 13 nitrogen and oxygen atoms in total. The summed E-state index contributed by atoms with van der Waals surface area (Å²) in [6.45, 7) is 3.39. The molecular formula is C16H25N7O6S. The summed E-state index contributed by atoms with van der Waals surface area (Å²) >= 11 is 0. The van der Waals surface area contributed by atoms with E-state index in [2.05, 4.69) is 25.2 Å². The van der Waals surface area contributed by atoms with E-state index in [1.165, 1.54) is 30.1 Å². The van der Waals surface area contributed by atoms with Crippen molar-refractivity contribution in [2.75, 3.05) is 38.0 Å². The highest BCUT2D eigenvalue weighted by Crippen LogP contribution is 2.32. The molecule has 0 amide bonds. The Morgan fingerprint density at radius 2 is 1.93 bits per heavy atom. The average molecular weight is 443 g/mol. The highest BCUT2D eigenvalue weighted by Gasteiger charge is 2.44. The number of anilines is 1. The molecule has 2 aliphatic rings. The first-order valence-corrected chi connectivity index (χ1v) is 11.1. The van der Waals surface area contributed by atoms with Crippen molar-refractivity contribution in [2.24, 2.45) is 0 Å². The maximum atomic E-state index is 10.9. The molecule has 2 aliphatic heterocycles. The fourth-order valence-corrected chi connectivity index (χ4v) is 4.20. The van der Waals surface area contributed by atoms with Gasteiger partial charge in [0.1, 0.15) is 24.6 Å². The average Bonchev–Trinajstić information content (AvgIpc) is 3.42. The van der Waals surface area contributed by atoms with Gasteiger partial charge in [0, 0.05) is 19.6 Å². The quantitative estimate of drug-likeness (QED) is 0.295. The predicted octanol–water partition coefficient (Wildman–Crippen LogP) is -1.65. The molecule has 0 saturated carbocycles. The van der Waals surface area contributed by atoms with E-state index in [-0.39, 0.29) is 0 Å². The van der Waals surface area contributed by atoms with Crippen LogP contribution in [0.4, 0.5) is 5.82 Å². The van der Waals surface area contributed by atoms with Crippen LogP contribution in [0.1, 0.15) is 19.1 Å². The molecule has 0 spiro atoms. The van der Waals surface area contributed by atoms with Gasteiger partial charge in [-0.3, -0.25) is 9.12 Å². The Kier molecular flexibility index (Phi) is 6.15. The number of ether oxygens (including phenoxy) is 1. The van der Waals surface area contributed by atoms with Crippen molar-refractivity contribution in [3.63, 3.8) is 0 Å². The number of aliphatic hydroxyl groups is 2. The van der Waals surface area contributed by atoms with E-state index in [0.29, 0.717) is 23.5 Å². The molecule has 5 N–H and O–H groups in total. The number of imidazole rings is 1. The van der Waals surface area contributed by atoms with Gasteiger partial charge in [-0.15, -0.1) is 0 Å². The number of nitrogens with zero attached hydrogens (tertiary/aromatic N) is 5. The minimum Gasteiger partial charge on any atom is -0.387 e. The van der Waals surface area contributed by atoms with Crippen LogP contribution >= 0.6 is 0 Å². The number of aromatic nitrogens is 4. The summed E-state index contributed by atoms with van der Waals surface area (Å²) in [7, 11) is -4.45. The van der Waals surface area contributed by atoms with E-state index in [0.717, 1.165) is 19.6 Å². The van der Waals surface area contributed by atoms with Gasteiger partial charge in [0.05, 0.1) is 6.33 Å². The van der Waals surface area contributed by atoms with Gasteiger partial charge < -0.3 is 25.2 Å². The van der Waals surface area contributed by atoms with E-state index in [9.17, 15) is 18.6 Å². The molecule has 4 rings (SSSR count). The lowest BCUT2D eigenvalue weighted by Gasteiger charge is -2.17. The molecule has 166 valence electrons. The molecule has 14 heteroatoms. The third kappa shape index (κ3) is 4.54. The van der Waals surface area contributed by atoms with Crippen LogP contribution in [0.2, 0.25) is 0 Å². The molecule has 0 bridgehead atoms. The van der Waals surface area contributed by atoms with Crippen molar-refractivity contribution >= 4 is 27.3 Å². The molecule has 2 aromatic rings. The van der Waals surface area contributed by atoms with Crippen LogP contribution in [0, 0.1) is 0 Å². The number of hydrogen-bond acceptors (Lipinski definition) is 10. The van der Waals surface area contributed by atoms with Crippen LogP contribution < -0.4 is 10.0 Å². The van der Waals surface area contributed by atoms with Gasteiger partial charge in [-0.05, 0) is 25.9 Å². The second kappa shape index (κ2) is 8.66. The molecule has 2 saturated heterocycles. The Morgan fingerprint density at radius 3 is 2.67 bits per heavy atom. The normalized spacial score (nSPS) is 27.8. The minimum atomic E-state index is -4.45. The Balaban J connectivity index is 1.47. The highest BCUT2D eigenvalue weighted by atomic mass is 32.2. The third-order valence-corrected chi connectivity index (χ3v) is 5.89. The molecular weight excluding hydrogens is 418 g/mol. The van der Waals surface area contributed by atoms with Gasteiger partial charge in [0.15, 0.2) is 23.2 Å². The van der Waals surface area contributed by atoms with Crippen molar-refractivity contribution in [1.82, 2.24) is 29.1 Å². The van der Waals surface area contributed by atoms with Crippen LogP contribution in [0.3, 0.4) is 0 Å². The maximum absolute atomic E-state index is 10.9.